The Balaban J connectivity index is 1.50. The smallest absolute Gasteiger partial charge is 0.326 e. The minimum absolute atomic E-state index is 0.0757. The van der Waals surface area contributed by atoms with E-state index in [9.17, 15) is 13.2 Å². The van der Waals surface area contributed by atoms with Gasteiger partial charge >= 0.3 is 6.03 Å². The highest BCUT2D eigenvalue weighted by molar-refractivity contribution is 7.89. The highest BCUT2D eigenvalue weighted by Crippen LogP contribution is 2.34. The quantitative estimate of drug-likeness (QED) is 0.622. The Morgan fingerprint density at radius 3 is 2.53 bits per heavy atom. The van der Waals surface area contributed by atoms with Crippen molar-refractivity contribution in [2.75, 3.05) is 48.5 Å². The lowest BCUT2D eigenvalue weighted by Gasteiger charge is -2.24. The summed E-state index contributed by atoms with van der Waals surface area (Å²) in [6, 6.07) is 12.5. The Kier molecular flexibility index (Phi) is 6.68. The Bertz CT molecular complexity index is 1070. The van der Waals surface area contributed by atoms with Crippen LogP contribution in [0.3, 0.4) is 0 Å². The standard InChI is InChI=1S/C23H30N4O4S/c1-17-15-18-5-10-21(32(29,30)24-11-14-31-2)16-22(18)27(17)23(28)25-19-6-8-20(9-7-19)26-12-3-4-13-26/h5-10,16-17,24H,3-4,11-15H2,1-2H3,(H,25,28). The first kappa shape index (κ1) is 22.6. The maximum atomic E-state index is 13.1. The van der Waals surface area contributed by atoms with Gasteiger partial charge in [-0.1, -0.05) is 6.07 Å². The highest BCUT2D eigenvalue weighted by Gasteiger charge is 2.32. The maximum absolute atomic E-state index is 13.1. The summed E-state index contributed by atoms with van der Waals surface area (Å²) in [6.07, 6.45) is 3.10. The molecule has 2 aliphatic rings. The number of urea groups is 1. The van der Waals surface area contributed by atoms with Gasteiger partial charge in [-0.3, -0.25) is 4.90 Å². The molecule has 0 radical (unpaired) electrons. The first-order chi connectivity index (χ1) is 15.4. The van der Waals surface area contributed by atoms with Crippen LogP contribution in [0.1, 0.15) is 25.3 Å². The number of rotatable bonds is 7. The molecule has 0 bridgehead atoms. The maximum Gasteiger partial charge on any atom is 0.326 e. The van der Waals surface area contributed by atoms with Crippen molar-refractivity contribution in [2.24, 2.45) is 0 Å². The molecular formula is C23H30N4O4S. The second-order valence-corrected chi connectivity index (χ2v) is 10.0. The molecular weight excluding hydrogens is 428 g/mol. The number of ether oxygens (including phenoxy) is 1. The van der Waals surface area contributed by atoms with Crippen LogP contribution < -0.4 is 19.8 Å². The Morgan fingerprint density at radius 1 is 1.12 bits per heavy atom. The number of sulfonamides is 1. The summed E-state index contributed by atoms with van der Waals surface area (Å²) in [5.74, 6) is 0. The fourth-order valence-corrected chi connectivity index (χ4v) is 5.37. The summed E-state index contributed by atoms with van der Waals surface area (Å²) in [4.78, 5) is 17.2. The van der Waals surface area contributed by atoms with Crippen LogP contribution in [0.5, 0.6) is 0 Å². The summed E-state index contributed by atoms with van der Waals surface area (Å²) >= 11 is 0. The van der Waals surface area contributed by atoms with Crippen molar-refractivity contribution >= 4 is 33.1 Å². The molecule has 1 atom stereocenters. The van der Waals surface area contributed by atoms with E-state index in [0.717, 1.165) is 24.3 Å². The van der Waals surface area contributed by atoms with Crippen LogP contribution in [-0.2, 0) is 21.2 Å². The van der Waals surface area contributed by atoms with Gasteiger partial charge in [0.1, 0.15) is 0 Å². The number of carbonyl (C=O) groups is 1. The van der Waals surface area contributed by atoms with Crippen LogP contribution in [0.15, 0.2) is 47.4 Å². The molecule has 2 heterocycles. The average molecular weight is 459 g/mol. The van der Waals surface area contributed by atoms with Gasteiger partial charge in [0.05, 0.1) is 17.2 Å². The molecule has 0 spiro atoms. The zero-order valence-electron chi connectivity index (χ0n) is 18.5. The molecule has 8 nitrogen and oxygen atoms in total. The van der Waals surface area contributed by atoms with Gasteiger partial charge in [-0.25, -0.2) is 17.9 Å². The van der Waals surface area contributed by atoms with E-state index in [2.05, 4.69) is 14.9 Å². The second kappa shape index (κ2) is 9.48. The SMILES string of the molecule is COCCNS(=O)(=O)c1ccc2c(c1)N(C(=O)Nc1ccc(N3CCCC3)cc1)C(C)C2. The van der Waals surface area contributed by atoms with Gasteiger partial charge in [-0.2, -0.15) is 0 Å². The van der Waals surface area contributed by atoms with E-state index in [4.69, 9.17) is 4.74 Å². The largest absolute Gasteiger partial charge is 0.383 e. The van der Waals surface area contributed by atoms with Crippen molar-refractivity contribution in [3.8, 4) is 0 Å². The summed E-state index contributed by atoms with van der Waals surface area (Å²) in [6.45, 7) is 4.57. The first-order valence-corrected chi connectivity index (χ1v) is 12.4. The van der Waals surface area contributed by atoms with Gasteiger partial charge in [-0.15, -0.1) is 0 Å². The molecule has 172 valence electrons. The number of amides is 2. The van der Waals surface area contributed by atoms with E-state index in [1.807, 2.05) is 31.2 Å². The molecule has 0 aromatic heterocycles. The van der Waals surface area contributed by atoms with Gasteiger partial charge in [0.2, 0.25) is 10.0 Å². The van der Waals surface area contributed by atoms with E-state index >= 15 is 0 Å². The molecule has 1 unspecified atom stereocenters. The summed E-state index contributed by atoms with van der Waals surface area (Å²) in [5, 5.41) is 2.96. The number of hydrogen-bond acceptors (Lipinski definition) is 5. The van der Waals surface area contributed by atoms with Crippen LogP contribution in [-0.4, -0.2) is 53.8 Å². The number of methoxy groups -OCH3 is 1. The summed E-state index contributed by atoms with van der Waals surface area (Å²) in [7, 11) is -2.17. The van der Waals surface area contributed by atoms with Crippen LogP contribution in [0, 0.1) is 0 Å². The molecule has 2 aromatic rings. The molecule has 2 aliphatic heterocycles. The minimum atomic E-state index is -3.69. The van der Waals surface area contributed by atoms with E-state index in [0.29, 0.717) is 17.8 Å². The number of fused-ring (bicyclic) bond motifs is 1. The van der Waals surface area contributed by atoms with Crippen LogP contribution >= 0.6 is 0 Å². The van der Waals surface area contributed by atoms with Crippen molar-refractivity contribution in [3.05, 3.63) is 48.0 Å². The van der Waals surface area contributed by atoms with Gasteiger partial charge < -0.3 is 15.0 Å². The van der Waals surface area contributed by atoms with Gasteiger partial charge in [-0.05, 0) is 68.1 Å². The predicted octanol–water partition coefficient (Wildman–Crippen LogP) is 3.19. The third-order valence-electron chi connectivity index (χ3n) is 5.99. The monoisotopic (exact) mass is 458 g/mol. The minimum Gasteiger partial charge on any atom is -0.383 e. The lowest BCUT2D eigenvalue weighted by atomic mass is 10.1. The number of benzene rings is 2. The van der Waals surface area contributed by atoms with E-state index in [1.54, 1.807) is 23.1 Å². The normalized spacial score (nSPS) is 18.1. The molecule has 2 amide bonds. The molecule has 2 N–H and O–H groups in total. The lowest BCUT2D eigenvalue weighted by molar-refractivity contribution is 0.204. The predicted molar refractivity (Wildman–Crippen MR) is 126 cm³/mol. The molecule has 1 saturated heterocycles. The van der Waals surface area contributed by atoms with E-state index in [-0.39, 0.29) is 30.1 Å². The topological polar surface area (TPSA) is 91.0 Å². The average Bonchev–Trinajstić information content (AvgIpc) is 3.41. The van der Waals surface area contributed by atoms with Crippen molar-refractivity contribution in [3.63, 3.8) is 0 Å². The van der Waals surface area contributed by atoms with E-state index in [1.165, 1.54) is 20.0 Å². The third-order valence-corrected chi connectivity index (χ3v) is 7.45. The zero-order valence-corrected chi connectivity index (χ0v) is 19.3. The lowest BCUT2D eigenvalue weighted by Crippen LogP contribution is -2.39. The molecule has 1 fully saturated rings. The van der Waals surface area contributed by atoms with Crippen LogP contribution in [0.25, 0.3) is 0 Å². The van der Waals surface area contributed by atoms with Gasteiger partial charge in [0.15, 0.2) is 0 Å². The first-order valence-electron chi connectivity index (χ1n) is 11.0. The number of nitrogens with zero attached hydrogens (tertiary/aromatic N) is 2. The molecule has 32 heavy (non-hydrogen) atoms. The number of hydrogen-bond donors (Lipinski definition) is 2. The Morgan fingerprint density at radius 2 is 1.84 bits per heavy atom. The molecule has 0 saturated carbocycles. The third kappa shape index (κ3) is 4.74. The van der Waals surface area contributed by atoms with Crippen molar-refractivity contribution in [1.82, 2.24) is 4.72 Å². The van der Waals surface area contributed by atoms with Gasteiger partial charge in [0, 0.05) is 44.2 Å². The van der Waals surface area contributed by atoms with Crippen LogP contribution in [0.4, 0.5) is 21.9 Å². The van der Waals surface area contributed by atoms with Crippen LogP contribution in [0.2, 0.25) is 0 Å². The Labute approximate surface area is 189 Å². The van der Waals surface area contributed by atoms with Crippen molar-refractivity contribution in [1.29, 1.82) is 0 Å². The highest BCUT2D eigenvalue weighted by atomic mass is 32.2. The van der Waals surface area contributed by atoms with Gasteiger partial charge in [0.25, 0.3) is 0 Å². The Hall–Kier alpha value is -2.62. The molecule has 0 aliphatic carbocycles. The van der Waals surface area contributed by atoms with Crippen molar-refractivity contribution in [2.45, 2.75) is 37.1 Å². The fraction of sp³-hybridized carbons (Fsp3) is 0.435. The number of anilines is 3. The zero-order chi connectivity index (χ0) is 22.7. The summed E-state index contributed by atoms with van der Waals surface area (Å²) < 4.78 is 32.6. The number of carbonyl (C=O) groups excluding carboxylic acids is 1. The summed E-state index contributed by atoms with van der Waals surface area (Å²) in [5.41, 5.74) is 3.45. The molecule has 9 heteroatoms. The number of nitrogens with one attached hydrogen (secondary N) is 2. The fourth-order valence-electron chi connectivity index (χ4n) is 4.34. The molecule has 4 rings (SSSR count). The molecule has 2 aromatic carbocycles. The van der Waals surface area contributed by atoms with E-state index < -0.39 is 10.0 Å². The second-order valence-electron chi connectivity index (χ2n) is 8.28. The van der Waals surface area contributed by atoms with Crippen molar-refractivity contribution < 1.29 is 17.9 Å².